The smallest absolute Gasteiger partial charge is 0.131 e. The summed E-state index contributed by atoms with van der Waals surface area (Å²) in [7, 11) is 0. The van der Waals surface area contributed by atoms with Gasteiger partial charge in [-0.2, -0.15) is 0 Å². The van der Waals surface area contributed by atoms with Crippen molar-refractivity contribution in [3.63, 3.8) is 0 Å². The molecule has 0 unspecified atom stereocenters. The lowest BCUT2D eigenvalue weighted by Gasteiger charge is -2.23. The Kier molecular flexibility index (Phi) is 3.29. The van der Waals surface area contributed by atoms with Gasteiger partial charge in [0.25, 0.3) is 0 Å². The van der Waals surface area contributed by atoms with Gasteiger partial charge in [0.2, 0.25) is 0 Å². The average Bonchev–Trinajstić information content (AvgIpc) is 3.05. The van der Waals surface area contributed by atoms with E-state index in [4.69, 9.17) is 0 Å². The topological polar surface area (TPSA) is 16.1 Å². The Labute approximate surface area is 99.8 Å². The van der Waals surface area contributed by atoms with Gasteiger partial charge in [0, 0.05) is 24.1 Å². The van der Waals surface area contributed by atoms with E-state index in [0.29, 0.717) is 0 Å². The van der Waals surface area contributed by atoms with Crippen LogP contribution >= 0.6 is 15.9 Å². The van der Waals surface area contributed by atoms with Gasteiger partial charge in [0.15, 0.2) is 0 Å². The number of alkyl halides is 1. The molecule has 0 spiro atoms. The molecule has 15 heavy (non-hydrogen) atoms. The summed E-state index contributed by atoms with van der Waals surface area (Å²) in [4.78, 5) is 7.00. The summed E-state index contributed by atoms with van der Waals surface area (Å²) in [5.41, 5.74) is 2.55. The Bertz CT molecular complexity index is 347. The normalized spacial score (nSPS) is 15.4. The first kappa shape index (κ1) is 10.9. The summed E-state index contributed by atoms with van der Waals surface area (Å²) < 4.78 is 0. The maximum atomic E-state index is 4.58. The van der Waals surface area contributed by atoms with E-state index in [1.807, 2.05) is 6.20 Å². The molecule has 2 rings (SSSR count). The maximum Gasteiger partial charge on any atom is 0.131 e. The first-order chi connectivity index (χ1) is 7.26. The molecule has 1 aliphatic carbocycles. The summed E-state index contributed by atoms with van der Waals surface area (Å²) in [6, 6.07) is 2.97. The highest BCUT2D eigenvalue weighted by atomic mass is 79.9. The summed E-state index contributed by atoms with van der Waals surface area (Å²) in [5, 5.41) is 0.886. The van der Waals surface area contributed by atoms with E-state index >= 15 is 0 Å². The second-order valence-electron chi connectivity index (χ2n) is 4.13. The summed E-state index contributed by atoms with van der Waals surface area (Å²) in [5.74, 6) is 1.17. The van der Waals surface area contributed by atoms with Crippen molar-refractivity contribution in [2.45, 2.75) is 38.1 Å². The van der Waals surface area contributed by atoms with Crippen LogP contribution in [0.5, 0.6) is 0 Å². The molecule has 2 nitrogen and oxygen atoms in total. The number of halogens is 1. The zero-order valence-electron chi connectivity index (χ0n) is 9.33. The molecule has 0 radical (unpaired) electrons. The highest BCUT2D eigenvalue weighted by Crippen LogP contribution is 2.32. The molecule has 0 bridgehead atoms. The van der Waals surface area contributed by atoms with Crippen LogP contribution in [0.15, 0.2) is 12.3 Å². The Morgan fingerprint density at radius 1 is 1.53 bits per heavy atom. The molecule has 0 aromatic carbocycles. The molecule has 82 valence electrons. The van der Waals surface area contributed by atoms with Gasteiger partial charge in [-0.1, -0.05) is 22.0 Å². The van der Waals surface area contributed by atoms with Crippen molar-refractivity contribution in [2.75, 3.05) is 11.4 Å². The molecule has 0 N–H and O–H groups in total. The van der Waals surface area contributed by atoms with Gasteiger partial charge in [0.1, 0.15) is 5.82 Å². The van der Waals surface area contributed by atoms with Crippen LogP contribution in [0.4, 0.5) is 5.82 Å². The molecule has 1 heterocycles. The third kappa shape index (κ3) is 2.33. The number of anilines is 1. The van der Waals surface area contributed by atoms with Crippen molar-refractivity contribution in [3.8, 4) is 0 Å². The fourth-order valence-corrected chi connectivity index (χ4v) is 2.27. The zero-order chi connectivity index (χ0) is 10.8. The van der Waals surface area contributed by atoms with E-state index < -0.39 is 0 Å². The van der Waals surface area contributed by atoms with Gasteiger partial charge in [-0.05, 0) is 37.8 Å². The highest BCUT2D eigenvalue weighted by molar-refractivity contribution is 9.08. The fraction of sp³-hybridized carbons (Fsp3) is 0.583. The standard InChI is InChI=1S/C12H17BrN2/c1-3-15(11-4-5-11)12-9(2)6-10(7-13)8-14-12/h6,8,11H,3-5,7H2,1-2H3. The Hall–Kier alpha value is -0.570. The zero-order valence-corrected chi connectivity index (χ0v) is 10.9. The molecule has 1 aromatic heterocycles. The van der Waals surface area contributed by atoms with Gasteiger partial charge < -0.3 is 4.90 Å². The SMILES string of the molecule is CCN(c1ncc(CBr)cc1C)C1CC1. The van der Waals surface area contributed by atoms with E-state index in [9.17, 15) is 0 Å². The molecule has 1 aromatic rings. The molecule has 0 atom stereocenters. The van der Waals surface area contributed by atoms with E-state index in [1.54, 1.807) is 0 Å². The minimum atomic E-state index is 0.746. The summed E-state index contributed by atoms with van der Waals surface area (Å²) >= 11 is 3.46. The van der Waals surface area contributed by atoms with Crippen LogP contribution in [0.3, 0.4) is 0 Å². The third-order valence-electron chi connectivity index (χ3n) is 2.86. The van der Waals surface area contributed by atoms with Crippen LogP contribution in [0.2, 0.25) is 0 Å². The average molecular weight is 269 g/mol. The van der Waals surface area contributed by atoms with Crippen molar-refractivity contribution in [1.29, 1.82) is 0 Å². The molecule has 1 fully saturated rings. The van der Waals surface area contributed by atoms with E-state index in [0.717, 1.165) is 17.9 Å². The summed E-state index contributed by atoms with van der Waals surface area (Å²) in [6.45, 7) is 5.42. The minimum Gasteiger partial charge on any atom is -0.354 e. The molecule has 1 aliphatic rings. The Morgan fingerprint density at radius 2 is 2.27 bits per heavy atom. The molecule has 0 saturated heterocycles. The quantitative estimate of drug-likeness (QED) is 0.780. The minimum absolute atomic E-state index is 0.746. The van der Waals surface area contributed by atoms with Crippen molar-refractivity contribution in [3.05, 3.63) is 23.4 Å². The number of aryl methyl sites for hydroxylation is 1. The van der Waals surface area contributed by atoms with Crippen LogP contribution in [0.1, 0.15) is 30.9 Å². The van der Waals surface area contributed by atoms with Gasteiger partial charge in [-0.25, -0.2) is 4.98 Å². The number of hydrogen-bond acceptors (Lipinski definition) is 2. The van der Waals surface area contributed by atoms with Crippen LogP contribution in [0, 0.1) is 6.92 Å². The molecule has 1 saturated carbocycles. The number of pyridine rings is 1. The number of hydrogen-bond donors (Lipinski definition) is 0. The van der Waals surface area contributed by atoms with Gasteiger partial charge in [0.05, 0.1) is 0 Å². The predicted molar refractivity (Wildman–Crippen MR) is 67.6 cm³/mol. The molecule has 0 amide bonds. The van der Waals surface area contributed by atoms with Gasteiger partial charge >= 0.3 is 0 Å². The number of aromatic nitrogens is 1. The first-order valence-electron chi connectivity index (χ1n) is 5.54. The lowest BCUT2D eigenvalue weighted by atomic mass is 10.2. The van der Waals surface area contributed by atoms with E-state index in [1.165, 1.54) is 29.8 Å². The Morgan fingerprint density at radius 3 is 2.73 bits per heavy atom. The molecular weight excluding hydrogens is 252 g/mol. The third-order valence-corrected chi connectivity index (χ3v) is 3.51. The van der Waals surface area contributed by atoms with Crippen molar-refractivity contribution in [2.24, 2.45) is 0 Å². The van der Waals surface area contributed by atoms with Crippen molar-refractivity contribution < 1.29 is 0 Å². The lowest BCUT2D eigenvalue weighted by Crippen LogP contribution is -2.26. The lowest BCUT2D eigenvalue weighted by molar-refractivity contribution is 0.803. The van der Waals surface area contributed by atoms with E-state index in [2.05, 4.69) is 45.7 Å². The van der Waals surface area contributed by atoms with Crippen LogP contribution in [-0.4, -0.2) is 17.6 Å². The van der Waals surface area contributed by atoms with Crippen LogP contribution in [0.25, 0.3) is 0 Å². The number of nitrogens with zero attached hydrogens (tertiary/aromatic N) is 2. The number of rotatable bonds is 4. The largest absolute Gasteiger partial charge is 0.354 e. The maximum absolute atomic E-state index is 4.58. The second kappa shape index (κ2) is 4.52. The van der Waals surface area contributed by atoms with Crippen LogP contribution in [-0.2, 0) is 5.33 Å². The Balaban J connectivity index is 2.26. The fourth-order valence-electron chi connectivity index (χ4n) is 1.97. The molecule has 0 aliphatic heterocycles. The summed E-state index contributed by atoms with van der Waals surface area (Å²) in [6.07, 6.45) is 4.63. The second-order valence-corrected chi connectivity index (χ2v) is 4.70. The van der Waals surface area contributed by atoms with Gasteiger partial charge in [-0.3, -0.25) is 0 Å². The van der Waals surface area contributed by atoms with Crippen molar-refractivity contribution in [1.82, 2.24) is 4.98 Å². The molecular formula is C12H17BrN2. The van der Waals surface area contributed by atoms with Gasteiger partial charge in [-0.15, -0.1) is 0 Å². The van der Waals surface area contributed by atoms with E-state index in [-0.39, 0.29) is 0 Å². The molecule has 3 heteroatoms. The van der Waals surface area contributed by atoms with Crippen molar-refractivity contribution >= 4 is 21.7 Å². The van der Waals surface area contributed by atoms with Crippen LogP contribution < -0.4 is 4.90 Å². The first-order valence-corrected chi connectivity index (χ1v) is 6.66. The highest BCUT2D eigenvalue weighted by Gasteiger charge is 2.29. The predicted octanol–water partition coefficient (Wildman–Crippen LogP) is 3.27. The monoisotopic (exact) mass is 268 g/mol.